The Kier molecular flexibility index (Phi) is 14.8. The molecule has 0 saturated heterocycles. The summed E-state index contributed by atoms with van der Waals surface area (Å²) < 4.78 is 12.0. The predicted octanol–water partition coefficient (Wildman–Crippen LogP) is 4.26. The van der Waals surface area contributed by atoms with E-state index in [0.29, 0.717) is 12.1 Å². The Balaban J connectivity index is 0.000000241. The van der Waals surface area contributed by atoms with Crippen molar-refractivity contribution in [3.8, 4) is 0 Å². The van der Waals surface area contributed by atoms with Gasteiger partial charge in [-0.1, -0.05) is 67.2 Å². The van der Waals surface area contributed by atoms with Gasteiger partial charge in [-0.3, -0.25) is 15.6 Å². The van der Waals surface area contributed by atoms with Gasteiger partial charge in [0.1, 0.15) is 13.2 Å². The fourth-order valence-corrected chi connectivity index (χ4v) is 3.20. The number of rotatable bonds is 7. The van der Waals surface area contributed by atoms with Crippen molar-refractivity contribution >= 4 is 29.8 Å². The summed E-state index contributed by atoms with van der Waals surface area (Å²) in [6, 6.07) is 21.6. The van der Waals surface area contributed by atoms with Crippen molar-refractivity contribution in [2.45, 2.75) is 76.8 Å². The average molecular weight is 632 g/mol. The zero-order valence-corrected chi connectivity index (χ0v) is 26.3. The zero-order valence-electron chi connectivity index (χ0n) is 26.3. The van der Waals surface area contributed by atoms with Crippen LogP contribution in [0.5, 0.6) is 0 Å². The van der Waals surface area contributed by atoms with Crippen molar-refractivity contribution in [3.63, 3.8) is 0 Å². The number of hydrogen-bond acceptors (Lipinski definition) is 8. The van der Waals surface area contributed by atoms with Crippen LogP contribution in [0.1, 0.15) is 56.6 Å². The Morgan fingerprint density at radius 2 is 1.28 bits per heavy atom. The highest BCUT2D eigenvalue weighted by Crippen LogP contribution is 2.23. The normalized spacial score (nSPS) is 14.1. The number of amides is 2. The first-order valence-corrected chi connectivity index (χ1v) is 15.2. The molecule has 0 aliphatic heterocycles. The van der Waals surface area contributed by atoms with E-state index in [4.69, 9.17) is 26.7 Å². The van der Waals surface area contributed by atoms with Crippen LogP contribution >= 0.6 is 0 Å². The van der Waals surface area contributed by atoms with Crippen molar-refractivity contribution < 1.29 is 19.1 Å². The molecule has 2 amide bonds. The number of carbonyl (C=O) groups is 2. The molecule has 3 fully saturated rings. The Labute approximate surface area is 269 Å². The number of guanidine groups is 2. The van der Waals surface area contributed by atoms with Crippen LogP contribution in [0, 0.1) is 0 Å². The third kappa shape index (κ3) is 17.2. The van der Waals surface area contributed by atoms with E-state index in [0.717, 1.165) is 42.5 Å². The molecular weight excluding hydrogens is 586 g/mol. The highest BCUT2D eigenvalue weighted by Gasteiger charge is 2.23. The number of aliphatic imine (C=N–C) groups is 2. The van der Waals surface area contributed by atoms with E-state index in [9.17, 15) is 9.59 Å². The summed E-state index contributed by atoms with van der Waals surface area (Å²) >= 11 is 0. The van der Waals surface area contributed by atoms with Gasteiger partial charge in [0.05, 0.1) is 12.1 Å². The fourth-order valence-electron chi connectivity index (χ4n) is 3.20. The molecule has 0 bridgehead atoms. The maximum absolute atomic E-state index is 12.0. The van der Waals surface area contributed by atoms with Crippen LogP contribution in [0.15, 0.2) is 95.7 Å². The van der Waals surface area contributed by atoms with Crippen LogP contribution < -0.4 is 27.8 Å². The molecule has 3 aliphatic rings. The number of nitrogens with one attached hydrogen (secondary N) is 2. The van der Waals surface area contributed by atoms with Gasteiger partial charge in [-0.15, -0.1) is 0 Å². The summed E-state index contributed by atoms with van der Waals surface area (Å²) in [5.41, 5.74) is 18.0. The largest absolute Gasteiger partial charge is 0.444 e. The van der Waals surface area contributed by atoms with E-state index in [1.54, 1.807) is 10.9 Å². The minimum absolute atomic E-state index is 0.0358. The van der Waals surface area contributed by atoms with E-state index < -0.39 is 12.2 Å². The van der Waals surface area contributed by atoms with Gasteiger partial charge in [-0.05, 0) is 62.6 Å². The highest BCUT2D eigenvalue weighted by molar-refractivity contribution is 6.01. The Hall–Kier alpha value is -5.17. The second-order valence-corrected chi connectivity index (χ2v) is 10.9. The van der Waals surface area contributed by atoms with Gasteiger partial charge in [0.2, 0.25) is 5.96 Å². The SMILES string of the molecule is C=C(C)n1cccn1.NC(N)=NC1CC1.NC1CC1.O=C(NC(=NC1CC1)NC(=O)OCc1ccccc1)OCc1ccccc1. The lowest BCUT2D eigenvalue weighted by atomic mass is 10.2. The molecule has 0 unspecified atom stereocenters. The molecule has 2 aromatic carbocycles. The summed E-state index contributed by atoms with van der Waals surface area (Å²) in [7, 11) is 0. The highest BCUT2D eigenvalue weighted by atomic mass is 16.6. The molecule has 13 nitrogen and oxygen atoms in total. The first-order chi connectivity index (χ1) is 22.2. The van der Waals surface area contributed by atoms with Crippen molar-refractivity contribution in [1.82, 2.24) is 20.4 Å². The summed E-state index contributed by atoms with van der Waals surface area (Å²) in [6.45, 7) is 5.86. The number of nitrogens with zero attached hydrogens (tertiary/aromatic N) is 4. The third-order valence-electron chi connectivity index (χ3n) is 6.12. The number of alkyl carbamates (subject to hydrolysis) is 2. The number of benzene rings is 2. The zero-order chi connectivity index (χ0) is 33.1. The van der Waals surface area contributed by atoms with Gasteiger partial charge in [-0.25, -0.2) is 19.3 Å². The van der Waals surface area contributed by atoms with Gasteiger partial charge in [0.15, 0.2) is 5.96 Å². The molecule has 46 heavy (non-hydrogen) atoms. The number of nitrogens with two attached hydrogens (primary N) is 3. The standard InChI is InChI=1S/C20H21N3O4.C6H8N2.C4H9N3.C3H7N/c24-19(26-13-15-7-3-1-4-8-15)22-18(21-17-11-12-17)23-20(25)27-14-16-9-5-2-6-10-16;1-6(2)8-5-3-4-7-8;5-4(6)7-3-1-2-3;4-3-1-2-3/h1-10,17H,11-14H2,(H2,21,22,23,24,25);3-5H,1H2,2H3;3H,1-2H2,(H4,5,6,7);3H,1-2,4H2. The molecule has 246 valence electrons. The van der Waals surface area contributed by atoms with Crippen LogP contribution in [0.25, 0.3) is 5.70 Å². The quantitative estimate of drug-likeness (QED) is 0.188. The Bertz CT molecular complexity index is 1340. The van der Waals surface area contributed by atoms with Crippen LogP contribution in [-0.2, 0) is 22.7 Å². The van der Waals surface area contributed by atoms with E-state index in [1.165, 1.54) is 12.8 Å². The van der Waals surface area contributed by atoms with Crippen molar-refractivity contribution in [3.05, 3.63) is 96.8 Å². The van der Waals surface area contributed by atoms with E-state index in [2.05, 4.69) is 32.3 Å². The molecule has 3 saturated carbocycles. The van der Waals surface area contributed by atoms with Crippen molar-refractivity contribution in [2.24, 2.45) is 27.2 Å². The van der Waals surface area contributed by atoms with Crippen molar-refractivity contribution in [1.29, 1.82) is 0 Å². The maximum atomic E-state index is 12.0. The molecule has 6 rings (SSSR count). The number of aromatic nitrogens is 2. The average Bonchev–Trinajstić information content (AvgIpc) is 4.00. The molecular formula is C33H45N9O4. The molecule has 13 heteroatoms. The molecule has 1 aromatic heterocycles. The lowest BCUT2D eigenvalue weighted by Crippen LogP contribution is -2.44. The Morgan fingerprint density at radius 1 is 0.826 bits per heavy atom. The van der Waals surface area contributed by atoms with E-state index >= 15 is 0 Å². The molecule has 3 aromatic rings. The van der Waals surface area contributed by atoms with Crippen LogP contribution in [-0.4, -0.2) is 52.0 Å². The minimum Gasteiger partial charge on any atom is -0.444 e. The molecule has 8 N–H and O–H groups in total. The molecule has 3 aliphatic carbocycles. The van der Waals surface area contributed by atoms with Gasteiger partial charge in [-0.2, -0.15) is 5.10 Å². The number of ether oxygens (including phenoxy) is 2. The third-order valence-corrected chi connectivity index (χ3v) is 6.12. The van der Waals surface area contributed by atoms with Gasteiger partial charge < -0.3 is 26.7 Å². The molecule has 0 atom stereocenters. The van der Waals surface area contributed by atoms with Crippen LogP contribution in [0.2, 0.25) is 0 Å². The maximum Gasteiger partial charge on any atom is 0.414 e. The van der Waals surface area contributed by atoms with E-state index in [1.807, 2.05) is 79.9 Å². The predicted molar refractivity (Wildman–Crippen MR) is 179 cm³/mol. The smallest absolute Gasteiger partial charge is 0.414 e. The number of hydrogen-bond donors (Lipinski definition) is 5. The first-order valence-electron chi connectivity index (χ1n) is 15.2. The van der Waals surface area contributed by atoms with E-state index in [-0.39, 0.29) is 31.2 Å². The first kappa shape index (κ1) is 35.3. The number of carbonyl (C=O) groups excluding carboxylic acids is 2. The van der Waals surface area contributed by atoms with Gasteiger partial charge in [0.25, 0.3) is 0 Å². The monoisotopic (exact) mass is 631 g/mol. The second-order valence-electron chi connectivity index (χ2n) is 10.9. The summed E-state index contributed by atoms with van der Waals surface area (Å²) in [5, 5.41) is 8.86. The summed E-state index contributed by atoms with van der Waals surface area (Å²) in [4.78, 5) is 32.1. The number of allylic oxidation sites excluding steroid dienone is 1. The van der Waals surface area contributed by atoms with Gasteiger partial charge >= 0.3 is 12.2 Å². The molecule has 0 spiro atoms. The second kappa shape index (κ2) is 19.3. The van der Waals surface area contributed by atoms with Crippen LogP contribution in [0.3, 0.4) is 0 Å². The van der Waals surface area contributed by atoms with Crippen molar-refractivity contribution in [2.75, 3.05) is 0 Å². The Morgan fingerprint density at radius 3 is 1.59 bits per heavy atom. The molecule has 0 radical (unpaired) electrons. The lowest BCUT2D eigenvalue weighted by Gasteiger charge is -2.11. The molecule has 1 heterocycles. The van der Waals surface area contributed by atoms with Crippen LogP contribution in [0.4, 0.5) is 9.59 Å². The topological polar surface area (TPSA) is 197 Å². The minimum atomic E-state index is -0.693. The summed E-state index contributed by atoms with van der Waals surface area (Å²) in [6.07, 6.45) is 8.91. The summed E-state index contributed by atoms with van der Waals surface area (Å²) in [5.74, 6) is 0.260. The van der Waals surface area contributed by atoms with Gasteiger partial charge in [0, 0.05) is 24.1 Å². The lowest BCUT2D eigenvalue weighted by molar-refractivity contribution is 0.141. The fraction of sp³-hybridized carbons (Fsp3) is 0.364.